The van der Waals surface area contributed by atoms with Gasteiger partial charge in [0.15, 0.2) is 0 Å². The molecular formula is C15H29NO. The van der Waals surface area contributed by atoms with Gasteiger partial charge in [0.1, 0.15) is 5.78 Å². The summed E-state index contributed by atoms with van der Waals surface area (Å²) < 4.78 is 0. The Bertz CT molecular complexity index is 246. The molecule has 100 valence electrons. The number of carbonyl (C=O) groups is 1. The van der Waals surface area contributed by atoms with Crippen molar-refractivity contribution in [1.29, 1.82) is 0 Å². The Morgan fingerprint density at radius 2 is 1.76 bits per heavy atom. The van der Waals surface area contributed by atoms with Gasteiger partial charge in [-0.25, -0.2) is 0 Å². The quantitative estimate of drug-likeness (QED) is 0.815. The molecule has 1 saturated carbocycles. The summed E-state index contributed by atoms with van der Waals surface area (Å²) in [4.78, 5) is 12.2. The lowest BCUT2D eigenvalue weighted by Gasteiger charge is -2.30. The van der Waals surface area contributed by atoms with Gasteiger partial charge in [-0.2, -0.15) is 0 Å². The van der Waals surface area contributed by atoms with Crippen molar-refractivity contribution < 1.29 is 4.79 Å². The van der Waals surface area contributed by atoms with Crippen LogP contribution in [-0.4, -0.2) is 11.8 Å². The van der Waals surface area contributed by atoms with E-state index in [0.29, 0.717) is 18.1 Å². The van der Waals surface area contributed by atoms with Gasteiger partial charge in [0.05, 0.1) is 0 Å². The van der Waals surface area contributed by atoms with Crippen LogP contribution in [0, 0.1) is 17.3 Å². The molecule has 1 unspecified atom stereocenters. The summed E-state index contributed by atoms with van der Waals surface area (Å²) in [6, 6.07) is -0.00102. The third-order valence-electron chi connectivity index (χ3n) is 4.41. The van der Waals surface area contributed by atoms with E-state index in [2.05, 4.69) is 27.7 Å². The fourth-order valence-electron chi connectivity index (χ4n) is 2.58. The number of carbonyl (C=O) groups excluding carboxylic acids is 1. The van der Waals surface area contributed by atoms with E-state index in [9.17, 15) is 4.79 Å². The molecule has 1 atom stereocenters. The van der Waals surface area contributed by atoms with E-state index < -0.39 is 0 Å². The van der Waals surface area contributed by atoms with E-state index in [-0.39, 0.29) is 11.5 Å². The molecule has 0 aliphatic heterocycles. The van der Waals surface area contributed by atoms with Crippen LogP contribution in [0.15, 0.2) is 0 Å². The fourth-order valence-corrected chi connectivity index (χ4v) is 2.58. The van der Waals surface area contributed by atoms with Crippen molar-refractivity contribution in [3.63, 3.8) is 0 Å². The first-order valence-corrected chi connectivity index (χ1v) is 7.12. The monoisotopic (exact) mass is 239 g/mol. The highest BCUT2D eigenvalue weighted by atomic mass is 16.1. The van der Waals surface area contributed by atoms with Gasteiger partial charge < -0.3 is 5.73 Å². The van der Waals surface area contributed by atoms with Crippen molar-refractivity contribution in [2.75, 3.05) is 0 Å². The molecule has 0 aromatic rings. The zero-order valence-electron chi connectivity index (χ0n) is 12.0. The highest BCUT2D eigenvalue weighted by Crippen LogP contribution is 2.32. The van der Waals surface area contributed by atoms with E-state index in [4.69, 9.17) is 5.73 Å². The highest BCUT2D eigenvalue weighted by molar-refractivity contribution is 5.81. The minimum Gasteiger partial charge on any atom is -0.327 e. The SMILES string of the molecule is CCC1CCC(C(=O)CC(N)C(C)(C)C)CC1. The summed E-state index contributed by atoms with van der Waals surface area (Å²) in [6.07, 6.45) is 6.48. The first kappa shape index (κ1) is 14.7. The average Bonchev–Trinajstić information content (AvgIpc) is 2.27. The smallest absolute Gasteiger partial charge is 0.137 e. The molecule has 0 aromatic heterocycles. The van der Waals surface area contributed by atoms with E-state index in [0.717, 1.165) is 18.8 Å². The summed E-state index contributed by atoms with van der Waals surface area (Å²) in [5.74, 6) is 1.56. The Morgan fingerprint density at radius 3 is 2.18 bits per heavy atom. The molecule has 2 nitrogen and oxygen atoms in total. The molecule has 1 aliphatic rings. The maximum Gasteiger partial charge on any atom is 0.137 e. The summed E-state index contributed by atoms with van der Waals surface area (Å²) in [5, 5.41) is 0. The molecule has 1 rings (SSSR count). The Kier molecular flexibility index (Phi) is 5.18. The third kappa shape index (κ3) is 4.42. The Hall–Kier alpha value is -0.370. The second kappa shape index (κ2) is 5.99. The number of Topliss-reactive ketones (excluding diaryl/α,β-unsaturated/α-hetero) is 1. The highest BCUT2D eigenvalue weighted by Gasteiger charge is 2.29. The second-order valence-electron chi connectivity index (χ2n) is 6.77. The fraction of sp³-hybridized carbons (Fsp3) is 0.933. The number of hydrogen-bond acceptors (Lipinski definition) is 2. The van der Waals surface area contributed by atoms with Crippen LogP contribution in [0.25, 0.3) is 0 Å². The van der Waals surface area contributed by atoms with Crippen LogP contribution < -0.4 is 5.73 Å². The van der Waals surface area contributed by atoms with Crippen molar-refractivity contribution in [3.8, 4) is 0 Å². The lowest BCUT2D eigenvalue weighted by Crippen LogP contribution is -2.38. The van der Waals surface area contributed by atoms with Crippen LogP contribution in [0.1, 0.15) is 66.2 Å². The van der Waals surface area contributed by atoms with E-state index in [1.807, 2.05) is 0 Å². The standard InChI is InChI=1S/C15H29NO/c1-5-11-6-8-12(9-7-11)13(17)10-14(16)15(2,3)4/h11-12,14H,5-10,16H2,1-4H3. The third-order valence-corrected chi connectivity index (χ3v) is 4.41. The van der Waals surface area contributed by atoms with Gasteiger partial charge in [-0.1, -0.05) is 34.1 Å². The molecule has 0 saturated heterocycles. The van der Waals surface area contributed by atoms with E-state index >= 15 is 0 Å². The van der Waals surface area contributed by atoms with Crippen LogP contribution >= 0.6 is 0 Å². The molecule has 0 radical (unpaired) electrons. The molecule has 1 aliphatic carbocycles. The largest absolute Gasteiger partial charge is 0.327 e. The Labute approximate surface area is 106 Å². The summed E-state index contributed by atoms with van der Waals surface area (Å²) >= 11 is 0. The minimum atomic E-state index is -0.00102. The van der Waals surface area contributed by atoms with Crippen LogP contribution in [-0.2, 0) is 4.79 Å². The number of rotatable bonds is 4. The lowest BCUT2D eigenvalue weighted by molar-refractivity contribution is -0.124. The van der Waals surface area contributed by atoms with Gasteiger partial charge in [-0.15, -0.1) is 0 Å². The topological polar surface area (TPSA) is 43.1 Å². The van der Waals surface area contributed by atoms with Crippen molar-refractivity contribution in [3.05, 3.63) is 0 Å². The summed E-state index contributed by atoms with van der Waals surface area (Å²) in [5.41, 5.74) is 6.13. The average molecular weight is 239 g/mol. The first-order chi connectivity index (χ1) is 7.84. The van der Waals surface area contributed by atoms with Gasteiger partial charge in [0.2, 0.25) is 0 Å². The second-order valence-corrected chi connectivity index (χ2v) is 6.77. The molecular weight excluding hydrogens is 210 g/mol. The van der Waals surface area contributed by atoms with Crippen LogP contribution in [0.4, 0.5) is 0 Å². The lowest BCUT2D eigenvalue weighted by atomic mass is 9.76. The Morgan fingerprint density at radius 1 is 1.24 bits per heavy atom. The zero-order valence-corrected chi connectivity index (χ0v) is 12.0. The van der Waals surface area contributed by atoms with Crippen molar-refractivity contribution in [2.45, 2.75) is 72.3 Å². The van der Waals surface area contributed by atoms with Gasteiger partial charge in [0, 0.05) is 18.4 Å². The van der Waals surface area contributed by atoms with Crippen LogP contribution in [0.3, 0.4) is 0 Å². The normalized spacial score (nSPS) is 27.8. The van der Waals surface area contributed by atoms with Crippen molar-refractivity contribution in [2.24, 2.45) is 23.0 Å². The summed E-state index contributed by atoms with van der Waals surface area (Å²) in [6.45, 7) is 8.58. The molecule has 1 fully saturated rings. The van der Waals surface area contributed by atoms with E-state index in [1.165, 1.54) is 19.3 Å². The Balaban J connectivity index is 2.39. The molecule has 0 bridgehead atoms. The number of ketones is 1. The van der Waals surface area contributed by atoms with Crippen molar-refractivity contribution in [1.82, 2.24) is 0 Å². The molecule has 2 heteroatoms. The first-order valence-electron chi connectivity index (χ1n) is 7.12. The van der Waals surface area contributed by atoms with E-state index in [1.54, 1.807) is 0 Å². The van der Waals surface area contributed by atoms with Gasteiger partial charge in [0.25, 0.3) is 0 Å². The molecule has 0 heterocycles. The molecule has 0 amide bonds. The maximum absolute atomic E-state index is 12.2. The number of nitrogens with two attached hydrogens (primary N) is 1. The zero-order chi connectivity index (χ0) is 13.1. The van der Waals surface area contributed by atoms with Crippen LogP contribution in [0.5, 0.6) is 0 Å². The van der Waals surface area contributed by atoms with Crippen molar-refractivity contribution >= 4 is 5.78 Å². The van der Waals surface area contributed by atoms with Gasteiger partial charge in [-0.05, 0) is 37.0 Å². The van der Waals surface area contributed by atoms with Gasteiger partial charge >= 0.3 is 0 Å². The molecule has 17 heavy (non-hydrogen) atoms. The summed E-state index contributed by atoms with van der Waals surface area (Å²) in [7, 11) is 0. The van der Waals surface area contributed by atoms with Crippen LogP contribution in [0.2, 0.25) is 0 Å². The molecule has 0 spiro atoms. The number of hydrogen-bond donors (Lipinski definition) is 1. The maximum atomic E-state index is 12.2. The predicted octanol–water partition coefficient (Wildman–Crippen LogP) is 3.54. The predicted molar refractivity (Wildman–Crippen MR) is 72.8 cm³/mol. The molecule has 0 aromatic carbocycles. The van der Waals surface area contributed by atoms with Gasteiger partial charge in [-0.3, -0.25) is 4.79 Å². The minimum absolute atomic E-state index is 0.00102. The molecule has 2 N–H and O–H groups in total.